The maximum Gasteiger partial charge on any atom is 0.0573 e. The van der Waals surface area contributed by atoms with Crippen LogP contribution in [0.15, 0.2) is 42.6 Å². The third-order valence-corrected chi connectivity index (χ3v) is 3.64. The first-order chi connectivity index (χ1) is 9.08. The Balaban J connectivity index is 2.08. The first kappa shape index (κ1) is 13.8. The molecule has 0 bridgehead atoms. The summed E-state index contributed by atoms with van der Waals surface area (Å²) in [6.07, 6.45) is 1.95. The van der Waals surface area contributed by atoms with Crippen LogP contribution in [0.1, 0.15) is 48.3 Å². The van der Waals surface area contributed by atoms with Crippen LogP contribution in [-0.2, 0) is 0 Å². The Bertz CT molecular complexity index is 534. The molecule has 0 aliphatic carbocycles. The number of nitrogens with zero attached hydrogens (tertiary/aromatic N) is 1. The Morgan fingerprint density at radius 2 is 1.63 bits per heavy atom. The van der Waals surface area contributed by atoms with Crippen LogP contribution in [0.4, 0.5) is 0 Å². The molecular formula is C17H22N2. The van der Waals surface area contributed by atoms with E-state index in [-0.39, 0.29) is 6.04 Å². The van der Waals surface area contributed by atoms with E-state index in [1.165, 1.54) is 16.7 Å². The number of nitrogens with one attached hydrogen (secondary N) is 1. The van der Waals surface area contributed by atoms with Crippen molar-refractivity contribution in [3.05, 3.63) is 65.0 Å². The molecule has 100 valence electrons. The summed E-state index contributed by atoms with van der Waals surface area (Å²) >= 11 is 0. The largest absolute Gasteiger partial charge is 0.302 e. The first-order valence-corrected chi connectivity index (χ1v) is 6.82. The minimum Gasteiger partial charge on any atom is -0.302 e. The minimum atomic E-state index is 0.245. The zero-order valence-electron chi connectivity index (χ0n) is 12.1. The lowest BCUT2D eigenvalue weighted by Gasteiger charge is -2.20. The quantitative estimate of drug-likeness (QED) is 0.888. The van der Waals surface area contributed by atoms with Crippen molar-refractivity contribution in [1.29, 1.82) is 0 Å². The van der Waals surface area contributed by atoms with E-state index in [0.29, 0.717) is 6.04 Å². The van der Waals surface area contributed by atoms with Gasteiger partial charge in [-0.05, 0) is 50.5 Å². The van der Waals surface area contributed by atoms with Crippen molar-refractivity contribution < 1.29 is 0 Å². The molecular weight excluding hydrogens is 232 g/mol. The molecule has 2 nitrogen and oxygen atoms in total. The van der Waals surface area contributed by atoms with Crippen molar-refractivity contribution >= 4 is 0 Å². The van der Waals surface area contributed by atoms with E-state index in [0.717, 1.165) is 5.69 Å². The number of rotatable bonds is 4. The molecule has 1 aromatic heterocycles. The zero-order valence-corrected chi connectivity index (χ0v) is 12.1. The molecule has 1 aromatic carbocycles. The Kier molecular flexibility index (Phi) is 4.33. The zero-order chi connectivity index (χ0) is 13.8. The van der Waals surface area contributed by atoms with Gasteiger partial charge in [0, 0.05) is 18.3 Å². The van der Waals surface area contributed by atoms with Crippen LogP contribution < -0.4 is 5.32 Å². The lowest BCUT2D eigenvalue weighted by molar-refractivity contribution is 0.486. The van der Waals surface area contributed by atoms with E-state index in [4.69, 9.17) is 0 Å². The summed E-state index contributed by atoms with van der Waals surface area (Å²) in [5, 5.41) is 3.60. The van der Waals surface area contributed by atoms with Crippen LogP contribution in [0.25, 0.3) is 0 Å². The fourth-order valence-corrected chi connectivity index (χ4v) is 2.18. The van der Waals surface area contributed by atoms with Gasteiger partial charge in [0.25, 0.3) is 0 Å². The predicted octanol–water partition coefficient (Wildman–Crippen LogP) is 4.11. The molecule has 0 aliphatic heterocycles. The lowest BCUT2D eigenvalue weighted by atomic mass is 10.1. The minimum absolute atomic E-state index is 0.245. The van der Waals surface area contributed by atoms with E-state index in [1.807, 2.05) is 12.3 Å². The second-order valence-corrected chi connectivity index (χ2v) is 5.21. The highest BCUT2D eigenvalue weighted by Crippen LogP contribution is 2.19. The third-order valence-electron chi connectivity index (χ3n) is 3.64. The van der Waals surface area contributed by atoms with Gasteiger partial charge >= 0.3 is 0 Å². The molecule has 2 atom stereocenters. The number of pyridine rings is 1. The maximum atomic E-state index is 4.52. The molecule has 2 rings (SSSR count). The highest BCUT2D eigenvalue weighted by atomic mass is 15.0. The van der Waals surface area contributed by atoms with E-state index in [9.17, 15) is 0 Å². The van der Waals surface area contributed by atoms with Gasteiger partial charge in [0.05, 0.1) is 5.69 Å². The molecule has 2 aromatic rings. The molecule has 0 aliphatic rings. The van der Waals surface area contributed by atoms with Crippen molar-refractivity contribution in [2.45, 2.75) is 39.8 Å². The predicted molar refractivity (Wildman–Crippen MR) is 80.1 cm³/mol. The van der Waals surface area contributed by atoms with Crippen LogP contribution in [0.3, 0.4) is 0 Å². The Labute approximate surface area is 115 Å². The third kappa shape index (κ3) is 3.42. The van der Waals surface area contributed by atoms with Crippen LogP contribution in [0, 0.1) is 13.8 Å². The van der Waals surface area contributed by atoms with Gasteiger partial charge in [-0.25, -0.2) is 0 Å². The summed E-state index contributed by atoms with van der Waals surface area (Å²) in [6, 6.07) is 13.2. The standard InChI is InChI=1S/C17H22N2/c1-12-10-17(18-11-13(12)2)15(4)19-14(3)16-8-6-5-7-9-16/h5-11,14-15,19H,1-4H3/t14-,15-/m1/s1. The van der Waals surface area contributed by atoms with Gasteiger partial charge in [-0.15, -0.1) is 0 Å². The second-order valence-electron chi connectivity index (χ2n) is 5.21. The van der Waals surface area contributed by atoms with Crippen LogP contribution >= 0.6 is 0 Å². The number of aryl methyl sites for hydroxylation is 2. The van der Waals surface area contributed by atoms with Crippen LogP contribution in [0.5, 0.6) is 0 Å². The summed E-state index contributed by atoms with van der Waals surface area (Å²) in [5.41, 5.74) is 4.95. The molecule has 2 heteroatoms. The number of benzene rings is 1. The van der Waals surface area contributed by atoms with E-state index < -0.39 is 0 Å². The monoisotopic (exact) mass is 254 g/mol. The fourth-order valence-electron chi connectivity index (χ4n) is 2.18. The van der Waals surface area contributed by atoms with Crippen molar-refractivity contribution in [2.75, 3.05) is 0 Å². The topological polar surface area (TPSA) is 24.9 Å². The highest BCUT2D eigenvalue weighted by molar-refractivity contribution is 5.25. The average Bonchev–Trinajstić information content (AvgIpc) is 2.42. The van der Waals surface area contributed by atoms with Gasteiger partial charge in [0.15, 0.2) is 0 Å². The maximum absolute atomic E-state index is 4.52. The number of hydrogen-bond donors (Lipinski definition) is 1. The van der Waals surface area contributed by atoms with Gasteiger partial charge in [-0.2, -0.15) is 0 Å². The van der Waals surface area contributed by atoms with Crippen LogP contribution in [0.2, 0.25) is 0 Å². The SMILES string of the molecule is Cc1cnc([C@@H](C)N[C@H](C)c2ccccc2)cc1C. The smallest absolute Gasteiger partial charge is 0.0573 e. The number of aromatic nitrogens is 1. The Morgan fingerprint density at radius 3 is 2.26 bits per heavy atom. The molecule has 0 spiro atoms. The van der Waals surface area contributed by atoms with Crippen LogP contribution in [-0.4, -0.2) is 4.98 Å². The second kappa shape index (κ2) is 5.98. The van der Waals surface area contributed by atoms with E-state index in [2.05, 4.69) is 68.3 Å². The molecule has 1 heterocycles. The molecule has 0 unspecified atom stereocenters. The Hall–Kier alpha value is -1.67. The summed E-state index contributed by atoms with van der Waals surface area (Å²) in [4.78, 5) is 4.52. The highest BCUT2D eigenvalue weighted by Gasteiger charge is 2.12. The van der Waals surface area contributed by atoms with Gasteiger partial charge in [0.1, 0.15) is 0 Å². The van der Waals surface area contributed by atoms with Gasteiger partial charge in [0.2, 0.25) is 0 Å². The summed E-state index contributed by atoms with van der Waals surface area (Å²) in [5.74, 6) is 0. The van der Waals surface area contributed by atoms with E-state index >= 15 is 0 Å². The van der Waals surface area contributed by atoms with E-state index in [1.54, 1.807) is 0 Å². The molecule has 19 heavy (non-hydrogen) atoms. The fraction of sp³-hybridized carbons (Fsp3) is 0.353. The van der Waals surface area contributed by atoms with Gasteiger partial charge < -0.3 is 5.32 Å². The lowest BCUT2D eigenvalue weighted by Crippen LogP contribution is -2.23. The van der Waals surface area contributed by atoms with Gasteiger partial charge in [-0.1, -0.05) is 30.3 Å². The summed E-state index contributed by atoms with van der Waals surface area (Å²) in [7, 11) is 0. The number of hydrogen-bond acceptors (Lipinski definition) is 2. The average molecular weight is 254 g/mol. The van der Waals surface area contributed by atoms with Crippen molar-refractivity contribution in [3.63, 3.8) is 0 Å². The van der Waals surface area contributed by atoms with Crippen molar-refractivity contribution in [2.24, 2.45) is 0 Å². The molecule has 0 saturated carbocycles. The molecule has 0 amide bonds. The Morgan fingerprint density at radius 1 is 0.947 bits per heavy atom. The van der Waals surface area contributed by atoms with Crippen molar-refractivity contribution in [3.8, 4) is 0 Å². The summed E-state index contributed by atoms with van der Waals surface area (Å²) in [6.45, 7) is 8.58. The normalized spacial score (nSPS) is 14.1. The molecule has 1 N–H and O–H groups in total. The summed E-state index contributed by atoms with van der Waals surface area (Å²) < 4.78 is 0. The molecule has 0 saturated heterocycles. The molecule has 0 radical (unpaired) electrons. The van der Waals surface area contributed by atoms with Crippen molar-refractivity contribution in [1.82, 2.24) is 10.3 Å². The first-order valence-electron chi connectivity index (χ1n) is 6.82. The molecule has 0 fully saturated rings. The van der Waals surface area contributed by atoms with Gasteiger partial charge in [-0.3, -0.25) is 4.98 Å².